The average Bonchev–Trinajstić information content (AvgIpc) is 2.53. The molecule has 0 radical (unpaired) electrons. The van der Waals surface area contributed by atoms with Gasteiger partial charge in [0.25, 0.3) is 5.91 Å². The van der Waals surface area contributed by atoms with Crippen molar-refractivity contribution in [3.8, 4) is 0 Å². The van der Waals surface area contributed by atoms with Gasteiger partial charge in [0.2, 0.25) is 11.8 Å². The van der Waals surface area contributed by atoms with Gasteiger partial charge in [-0.2, -0.15) is 0 Å². The van der Waals surface area contributed by atoms with E-state index in [4.69, 9.17) is 0 Å². The van der Waals surface area contributed by atoms with E-state index in [2.05, 4.69) is 5.32 Å². The van der Waals surface area contributed by atoms with Crippen LogP contribution in [0, 0.1) is 0 Å². The number of carbonyl (C=O) groups excluding carboxylic acids is 3. The van der Waals surface area contributed by atoms with E-state index in [0.29, 0.717) is 38.2 Å². The van der Waals surface area contributed by atoms with Gasteiger partial charge in [0.1, 0.15) is 0 Å². The lowest BCUT2D eigenvalue weighted by atomic mass is 9.77. The standard InChI is InChI=1S/C18H23N3O3/c1-12(22)20-6-8-21(9-7-20)17(24)13-4-5-15-14(10-13)18(2,3)11-16(23)19-15/h4-5,10H,6-9,11H2,1-3H3,(H,19,23). The van der Waals surface area contributed by atoms with Crippen molar-refractivity contribution in [2.75, 3.05) is 31.5 Å². The minimum absolute atomic E-state index is 0.00642. The van der Waals surface area contributed by atoms with E-state index in [-0.39, 0.29) is 23.1 Å². The molecular formula is C18H23N3O3. The number of amides is 3. The summed E-state index contributed by atoms with van der Waals surface area (Å²) in [7, 11) is 0. The molecule has 6 heteroatoms. The van der Waals surface area contributed by atoms with Gasteiger partial charge in [-0.15, -0.1) is 0 Å². The van der Waals surface area contributed by atoms with E-state index in [1.807, 2.05) is 26.0 Å². The summed E-state index contributed by atoms with van der Waals surface area (Å²) in [4.78, 5) is 39.5. The summed E-state index contributed by atoms with van der Waals surface area (Å²) in [6.07, 6.45) is 0.412. The maximum absolute atomic E-state index is 12.8. The zero-order valence-electron chi connectivity index (χ0n) is 14.4. The molecule has 2 aliphatic rings. The van der Waals surface area contributed by atoms with Crippen molar-refractivity contribution < 1.29 is 14.4 Å². The number of nitrogens with zero attached hydrogens (tertiary/aromatic N) is 2. The summed E-state index contributed by atoms with van der Waals surface area (Å²) in [6, 6.07) is 5.47. The maximum Gasteiger partial charge on any atom is 0.253 e. The Balaban J connectivity index is 1.80. The third kappa shape index (κ3) is 3.00. The molecule has 128 valence electrons. The fourth-order valence-electron chi connectivity index (χ4n) is 3.44. The Hall–Kier alpha value is -2.37. The maximum atomic E-state index is 12.8. The zero-order valence-corrected chi connectivity index (χ0v) is 14.4. The zero-order chi connectivity index (χ0) is 17.5. The number of rotatable bonds is 1. The summed E-state index contributed by atoms with van der Waals surface area (Å²) in [6.45, 7) is 7.85. The predicted octanol–water partition coefficient (Wildman–Crippen LogP) is 1.61. The molecule has 0 saturated carbocycles. The molecule has 0 spiro atoms. The number of hydrogen-bond donors (Lipinski definition) is 1. The van der Waals surface area contributed by atoms with Gasteiger partial charge < -0.3 is 15.1 Å². The normalized spacial score (nSPS) is 19.5. The topological polar surface area (TPSA) is 69.7 Å². The quantitative estimate of drug-likeness (QED) is 0.851. The van der Waals surface area contributed by atoms with Crippen molar-refractivity contribution in [2.24, 2.45) is 0 Å². The first-order valence-corrected chi connectivity index (χ1v) is 8.27. The fraction of sp³-hybridized carbons (Fsp3) is 0.500. The predicted molar refractivity (Wildman–Crippen MR) is 90.9 cm³/mol. The van der Waals surface area contributed by atoms with Crippen LogP contribution in [-0.4, -0.2) is 53.7 Å². The first-order chi connectivity index (χ1) is 11.3. The van der Waals surface area contributed by atoms with Crippen molar-refractivity contribution in [3.05, 3.63) is 29.3 Å². The smallest absolute Gasteiger partial charge is 0.253 e. The van der Waals surface area contributed by atoms with Gasteiger partial charge in [-0.25, -0.2) is 0 Å². The lowest BCUT2D eigenvalue weighted by molar-refractivity contribution is -0.130. The van der Waals surface area contributed by atoms with Gasteiger partial charge in [-0.05, 0) is 23.8 Å². The Labute approximate surface area is 141 Å². The second kappa shape index (κ2) is 5.92. The molecule has 0 aromatic heterocycles. The van der Waals surface area contributed by atoms with Crippen LogP contribution in [0.15, 0.2) is 18.2 Å². The Bertz CT molecular complexity index is 703. The minimum atomic E-state index is -0.290. The molecule has 0 aliphatic carbocycles. The number of anilines is 1. The monoisotopic (exact) mass is 329 g/mol. The molecule has 0 unspecified atom stereocenters. The molecule has 3 rings (SSSR count). The van der Waals surface area contributed by atoms with E-state index in [1.54, 1.807) is 22.8 Å². The van der Waals surface area contributed by atoms with Crippen LogP contribution in [0.1, 0.15) is 43.1 Å². The van der Waals surface area contributed by atoms with E-state index in [9.17, 15) is 14.4 Å². The molecule has 3 amide bonds. The first-order valence-electron chi connectivity index (χ1n) is 8.27. The van der Waals surface area contributed by atoms with Gasteiger partial charge in [-0.1, -0.05) is 13.8 Å². The Morgan fingerprint density at radius 3 is 2.33 bits per heavy atom. The molecule has 1 aromatic carbocycles. The molecule has 2 aliphatic heterocycles. The molecule has 1 N–H and O–H groups in total. The first kappa shape index (κ1) is 16.5. The summed E-state index contributed by atoms with van der Waals surface area (Å²) in [5.41, 5.74) is 2.13. The molecule has 24 heavy (non-hydrogen) atoms. The minimum Gasteiger partial charge on any atom is -0.339 e. The third-order valence-corrected chi connectivity index (χ3v) is 4.88. The molecule has 1 aromatic rings. The van der Waals surface area contributed by atoms with Crippen molar-refractivity contribution in [2.45, 2.75) is 32.6 Å². The highest BCUT2D eigenvalue weighted by Crippen LogP contribution is 2.37. The van der Waals surface area contributed by atoms with Gasteiger partial charge in [0.05, 0.1) is 0 Å². The third-order valence-electron chi connectivity index (χ3n) is 4.88. The van der Waals surface area contributed by atoms with Crippen LogP contribution in [0.4, 0.5) is 5.69 Å². The SMILES string of the molecule is CC(=O)N1CCN(C(=O)c2ccc3c(c2)C(C)(C)CC(=O)N3)CC1. The van der Waals surface area contributed by atoms with E-state index in [0.717, 1.165) is 11.3 Å². The molecule has 1 fully saturated rings. The number of hydrogen-bond acceptors (Lipinski definition) is 3. The molecule has 6 nitrogen and oxygen atoms in total. The second-order valence-corrected chi connectivity index (χ2v) is 7.17. The van der Waals surface area contributed by atoms with Crippen LogP contribution in [0.5, 0.6) is 0 Å². The number of piperazine rings is 1. The van der Waals surface area contributed by atoms with Crippen molar-refractivity contribution in [1.29, 1.82) is 0 Å². The summed E-state index contributed by atoms with van der Waals surface area (Å²) < 4.78 is 0. The van der Waals surface area contributed by atoms with Crippen LogP contribution in [0.2, 0.25) is 0 Å². The number of carbonyl (C=O) groups is 3. The summed E-state index contributed by atoms with van der Waals surface area (Å²) >= 11 is 0. The lowest BCUT2D eigenvalue weighted by Gasteiger charge is -2.35. The van der Waals surface area contributed by atoms with Gasteiger partial charge in [0.15, 0.2) is 0 Å². The van der Waals surface area contributed by atoms with E-state index >= 15 is 0 Å². The molecular weight excluding hydrogens is 306 g/mol. The van der Waals surface area contributed by atoms with Gasteiger partial charge in [-0.3, -0.25) is 14.4 Å². The Morgan fingerprint density at radius 1 is 1.08 bits per heavy atom. The average molecular weight is 329 g/mol. The highest BCUT2D eigenvalue weighted by molar-refractivity contribution is 5.99. The molecule has 0 atom stereocenters. The molecule has 2 heterocycles. The van der Waals surface area contributed by atoms with E-state index in [1.165, 1.54) is 0 Å². The highest BCUT2D eigenvalue weighted by atomic mass is 16.2. The van der Waals surface area contributed by atoms with Gasteiger partial charge >= 0.3 is 0 Å². The highest BCUT2D eigenvalue weighted by Gasteiger charge is 2.33. The van der Waals surface area contributed by atoms with Crippen molar-refractivity contribution in [3.63, 3.8) is 0 Å². The van der Waals surface area contributed by atoms with Crippen LogP contribution >= 0.6 is 0 Å². The Kier molecular flexibility index (Phi) is 4.07. The molecule has 1 saturated heterocycles. The van der Waals surface area contributed by atoms with Crippen LogP contribution in [0.25, 0.3) is 0 Å². The Morgan fingerprint density at radius 2 is 1.71 bits per heavy atom. The second-order valence-electron chi connectivity index (χ2n) is 7.17. The lowest BCUT2D eigenvalue weighted by Crippen LogP contribution is -2.50. The van der Waals surface area contributed by atoms with E-state index < -0.39 is 0 Å². The summed E-state index contributed by atoms with van der Waals surface area (Å²) in [5, 5.41) is 2.87. The van der Waals surface area contributed by atoms with Crippen molar-refractivity contribution in [1.82, 2.24) is 9.80 Å². The number of fused-ring (bicyclic) bond motifs is 1. The summed E-state index contributed by atoms with van der Waals surface area (Å²) in [5.74, 6) is 0.0361. The fourth-order valence-corrected chi connectivity index (χ4v) is 3.44. The van der Waals surface area contributed by atoms with Crippen LogP contribution in [0.3, 0.4) is 0 Å². The van der Waals surface area contributed by atoms with Gasteiger partial charge in [0, 0.05) is 56.2 Å². The van der Waals surface area contributed by atoms with Crippen LogP contribution < -0.4 is 5.32 Å². The number of nitrogens with one attached hydrogen (secondary N) is 1. The van der Waals surface area contributed by atoms with Crippen molar-refractivity contribution >= 4 is 23.4 Å². The number of benzene rings is 1. The molecule has 0 bridgehead atoms. The van der Waals surface area contributed by atoms with Crippen LogP contribution in [-0.2, 0) is 15.0 Å². The largest absolute Gasteiger partial charge is 0.339 e.